The second kappa shape index (κ2) is 9.82. The van der Waals surface area contributed by atoms with E-state index >= 15 is 0 Å². The number of methoxy groups -OCH3 is 1. The predicted octanol–water partition coefficient (Wildman–Crippen LogP) is 2.39. The van der Waals surface area contributed by atoms with Crippen LogP contribution in [0, 0.1) is 0 Å². The van der Waals surface area contributed by atoms with Crippen molar-refractivity contribution >= 4 is 16.9 Å². The smallest absolute Gasteiger partial charge is 0.317 e. The van der Waals surface area contributed by atoms with Crippen molar-refractivity contribution in [3.63, 3.8) is 0 Å². The van der Waals surface area contributed by atoms with E-state index in [0.29, 0.717) is 36.4 Å². The maximum Gasteiger partial charge on any atom is 0.317 e. The zero-order valence-electron chi connectivity index (χ0n) is 18.5. The first-order valence-electron chi connectivity index (χ1n) is 10.9. The molecule has 1 unspecified atom stereocenters. The molecule has 2 amide bonds. The lowest BCUT2D eigenvalue weighted by molar-refractivity contribution is 0.132. The van der Waals surface area contributed by atoms with Crippen LogP contribution in [0.15, 0.2) is 53.3 Å². The molecule has 1 saturated heterocycles. The van der Waals surface area contributed by atoms with Crippen molar-refractivity contribution < 1.29 is 9.53 Å². The Morgan fingerprint density at radius 2 is 1.94 bits per heavy atom. The predicted molar refractivity (Wildman–Crippen MR) is 124 cm³/mol. The van der Waals surface area contributed by atoms with Gasteiger partial charge in [0.15, 0.2) is 0 Å². The van der Waals surface area contributed by atoms with Gasteiger partial charge in [0, 0.05) is 32.2 Å². The fourth-order valence-corrected chi connectivity index (χ4v) is 4.04. The number of urea groups is 1. The van der Waals surface area contributed by atoms with Crippen LogP contribution in [-0.2, 0) is 13.0 Å². The van der Waals surface area contributed by atoms with Crippen LogP contribution in [-0.4, -0.2) is 65.1 Å². The Bertz CT molecular complexity index is 1140. The fraction of sp³-hybridized carbons (Fsp3) is 0.375. The van der Waals surface area contributed by atoms with Gasteiger partial charge < -0.3 is 19.9 Å². The number of aromatic amines is 1. The Hall–Kier alpha value is -3.39. The molecule has 0 spiro atoms. The standard InChI is InChI=1S/C24H29N5O3/c1-17(14-18-6-5-7-19(15-18)32-2)25-24(31)29-12-10-28(11-13-29)16-22-26-21-9-4-3-8-20(21)23(30)27-22/h3-9,15,17H,10-14,16H2,1-2H3,(H,25,31)(H,26,27,30). The highest BCUT2D eigenvalue weighted by atomic mass is 16.5. The number of hydrogen-bond donors (Lipinski definition) is 2. The SMILES string of the molecule is COc1cccc(CC(C)NC(=O)N2CCN(Cc3nc4ccccc4c(=O)[nH]3)CC2)c1. The molecule has 168 valence electrons. The second-order valence-electron chi connectivity index (χ2n) is 8.20. The number of amides is 2. The van der Waals surface area contributed by atoms with Crippen LogP contribution < -0.4 is 15.6 Å². The van der Waals surface area contributed by atoms with Crippen LogP contribution >= 0.6 is 0 Å². The van der Waals surface area contributed by atoms with Crippen molar-refractivity contribution in [2.45, 2.75) is 25.9 Å². The summed E-state index contributed by atoms with van der Waals surface area (Å²) in [5.74, 6) is 1.47. The summed E-state index contributed by atoms with van der Waals surface area (Å²) in [7, 11) is 1.65. The molecule has 0 aliphatic carbocycles. The molecular formula is C24H29N5O3. The minimum Gasteiger partial charge on any atom is -0.497 e. The first-order valence-corrected chi connectivity index (χ1v) is 10.9. The molecule has 4 rings (SSSR count). The molecule has 2 heterocycles. The number of fused-ring (bicyclic) bond motifs is 1. The summed E-state index contributed by atoms with van der Waals surface area (Å²) in [6, 6.07) is 15.2. The molecule has 32 heavy (non-hydrogen) atoms. The maximum atomic E-state index is 12.7. The quantitative estimate of drug-likeness (QED) is 0.621. The molecule has 1 aliphatic rings. The largest absolute Gasteiger partial charge is 0.497 e. The number of benzene rings is 2. The average molecular weight is 436 g/mol. The molecule has 2 aromatic carbocycles. The third-order valence-corrected chi connectivity index (χ3v) is 5.74. The molecular weight excluding hydrogens is 406 g/mol. The molecule has 1 aliphatic heterocycles. The van der Waals surface area contributed by atoms with Crippen molar-refractivity contribution in [2.24, 2.45) is 0 Å². The third-order valence-electron chi connectivity index (χ3n) is 5.74. The normalized spacial score (nSPS) is 15.5. The highest BCUT2D eigenvalue weighted by molar-refractivity contribution is 5.77. The van der Waals surface area contributed by atoms with Crippen LogP contribution in [0.1, 0.15) is 18.3 Å². The first-order chi connectivity index (χ1) is 15.5. The van der Waals surface area contributed by atoms with Gasteiger partial charge in [-0.3, -0.25) is 9.69 Å². The Balaban J connectivity index is 1.27. The van der Waals surface area contributed by atoms with Crippen molar-refractivity contribution in [3.05, 3.63) is 70.3 Å². The second-order valence-corrected chi connectivity index (χ2v) is 8.20. The van der Waals surface area contributed by atoms with Gasteiger partial charge in [-0.05, 0) is 43.2 Å². The Morgan fingerprint density at radius 1 is 1.16 bits per heavy atom. The van der Waals surface area contributed by atoms with Gasteiger partial charge in [-0.2, -0.15) is 0 Å². The number of piperazine rings is 1. The van der Waals surface area contributed by atoms with E-state index in [-0.39, 0.29) is 17.6 Å². The number of ether oxygens (including phenoxy) is 1. The van der Waals surface area contributed by atoms with E-state index in [1.807, 2.05) is 54.3 Å². The third kappa shape index (κ3) is 5.26. The first kappa shape index (κ1) is 21.8. The molecule has 0 saturated carbocycles. The molecule has 0 radical (unpaired) electrons. The number of aromatic nitrogens is 2. The van der Waals surface area contributed by atoms with Gasteiger partial charge in [-0.25, -0.2) is 9.78 Å². The number of nitrogens with one attached hydrogen (secondary N) is 2. The Morgan fingerprint density at radius 3 is 2.72 bits per heavy atom. The molecule has 8 nitrogen and oxygen atoms in total. The lowest BCUT2D eigenvalue weighted by Gasteiger charge is -2.35. The molecule has 8 heteroatoms. The van der Waals surface area contributed by atoms with Crippen molar-refractivity contribution in [1.29, 1.82) is 0 Å². The summed E-state index contributed by atoms with van der Waals surface area (Å²) in [6.07, 6.45) is 0.740. The van der Waals surface area contributed by atoms with E-state index in [1.54, 1.807) is 13.2 Å². The molecule has 3 aromatic rings. The summed E-state index contributed by atoms with van der Waals surface area (Å²) in [5, 5.41) is 3.69. The molecule has 2 N–H and O–H groups in total. The lowest BCUT2D eigenvalue weighted by Crippen LogP contribution is -2.53. The number of nitrogens with zero attached hydrogens (tertiary/aromatic N) is 3. The fourth-order valence-electron chi connectivity index (χ4n) is 4.04. The lowest BCUT2D eigenvalue weighted by atomic mass is 10.1. The molecule has 1 aromatic heterocycles. The number of H-pyrrole nitrogens is 1. The van der Waals surface area contributed by atoms with Gasteiger partial charge >= 0.3 is 6.03 Å². The average Bonchev–Trinajstić information content (AvgIpc) is 2.79. The van der Waals surface area contributed by atoms with Gasteiger partial charge in [0.2, 0.25) is 0 Å². The summed E-state index contributed by atoms with van der Waals surface area (Å²) in [6.45, 7) is 5.30. The van der Waals surface area contributed by atoms with Crippen LogP contribution in [0.2, 0.25) is 0 Å². The Labute approximate surface area is 187 Å². The van der Waals surface area contributed by atoms with Crippen molar-refractivity contribution in [2.75, 3.05) is 33.3 Å². The number of para-hydroxylation sites is 1. The zero-order valence-corrected chi connectivity index (χ0v) is 18.5. The van der Waals surface area contributed by atoms with Gasteiger partial charge in [0.05, 0.1) is 24.6 Å². The van der Waals surface area contributed by atoms with Gasteiger partial charge in [-0.1, -0.05) is 24.3 Å². The summed E-state index contributed by atoms with van der Waals surface area (Å²) in [5.41, 5.74) is 1.71. The molecule has 1 fully saturated rings. The van der Waals surface area contributed by atoms with Gasteiger partial charge in [0.1, 0.15) is 11.6 Å². The van der Waals surface area contributed by atoms with E-state index in [2.05, 4.69) is 20.2 Å². The number of carbonyl (C=O) groups excluding carboxylic acids is 1. The Kier molecular flexibility index (Phi) is 6.70. The number of carbonyl (C=O) groups is 1. The topological polar surface area (TPSA) is 90.6 Å². The van der Waals surface area contributed by atoms with Crippen LogP contribution in [0.3, 0.4) is 0 Å². The van der Waals surface area contributed by atoms with Crippen molar-refractivity contribution in [3.8, 4) is 5.75 Å². The van der Waals surface area contributed by atoms with Crippen LogP contribution in [0.4, 0.5) is 4.79 Å². The highest BCUT2D eigenvalue weighted by Gasteiger charge is 2.22. The van der Waals surface area contributed by atoms with Gasteiger partial charge in [-0.15, -0.1) is 0 Å². The highest BCUT2D eigenvalue weighted by Crippen LogP contribution is 2.14. The van der Waals surface area contributed by atoms with E-state index in [0.717, 1.165) is 30.8 Å². The maximum absolute atomic E-state index is 12.7. The minimum absolute atomic E-state index is 0.0134. The molecule has 0 bridgehead atoms. The number of rotatable bonds is 6. The zero-order chi connectivity index (χ0) is 22.5. The van der Waals surface area contributed by atoms with Crippen LogP contribution in [0.25, 0.3) is 10.9 Å². The summed E-state index contributed by atoms with van der Waals surface area (Å²) >= 11 is 0. The summed E-state index contributed by atoms with van der Waals surface area (Å²) in [4.78, 5) is 36.5. The van der Waals surface area contributed by atoms with E-state index in [4.69, 9.17) is 4.74 Å². The van der Waals surface area contributed by atoms with Crippen molar-refractivity contribution in [1.82, 2.24) is 25.1 Å². The summed E-state index contributed by atoms with van der Waals surface area (Å²) < 4.78 is 5.27. The monoisotopic (exact) mass is 435 g/mol. The molecule has 1 atom stereocenters. The minimum atomic E-state index is -0.117. The van der Waals surface area contributed by atoms with E-state index < -0.39 is 0 Å². The van der Waals surface area contributed by atoms with E-state index in [9.17, 15) is 9.59 Å². The van der Waals surface area contributed by atoms with Crippen LogP contribution in [0.5, 0.6) is 5.75 Å². The van der Waals surface area contributed by atoms with Gasteiger partial charge in [0.25, 0.3) is 5.56 Å². The number of hydrogen-bond acceptors (Lipinski definition) is 5. The van der Waals surface area contributed by atoms with E-state index in [1.165, 1.54) is 0 Å².